The molecule has 3 nitrogen and oxygen atoms in total. The van der Waals surface area contributed by atoms with Gasteiger partial charge in [-0.1, -0.05) is 0 Å². The minimum Gasteiger partial charge on any atom is -0.207 e. The van der Waals surface area contributed by atoms with Gasteiger partial charge in [-0.2, -0.15) is 4.31 Å². The van der Waals surface area contributed by atoms with Crippen LogP contribution in [0.2, 0.25) is 0 Å². The molecule has 1 heterocycles. The molecule has 1 aromatic rings. The van der Waals surface area contributed by atoms with Crippen molar-refractivity contribution in [2.24, 2.45) is 5.92 Å². The highest BCUT2D eigenvalue weighted by molar-refractivity contribution is 7.98. The molecule has 2 fully saturated rings. The molecule has 0 spiro atoms. The van der Waals surface area contributed by atoms with Crippen LogP contribution in [0.3, 0.4) is 0 Å². The number of thioether (sulfide) groups is 1. The number of fused-ring (bicyclic) bond motifs is 1. The second-order valence-electron chi connectivity index (χ2n) is 5.63. The molecule has 0 unspecified atom stereocenters. The summed E-state index contributed by atoms with van der Waals surface area (Å²) in [5.74, 6) is 0.563. The van der Waals surface area contributed by atoms with Gasteiger partial charge in [0.15, 0.2) is 0 Å². The van der Waals surface area contributed by atoms with Gasteiger partial charge in [0.2, 0.25) is 10.0 Å². The Bertz CT molecular complexity index is 582. The van der Waals surface area contributed by atoms with Gasteiger partial charge in [-0.15, -0.1) is 11.8 Å². The van der Waals surface area contributed by atoms with Crippen molar-refractivity contribution in [1.82, 2.24) is 4.31 Å². The van der Waals surface area contributed by atoms with E-state index in [0.29, 0.717) is 17.4 Å². The van der Waals surface area contributed by atoms with Crippen LogP contribution in [0.1, 0.15) is 26.2 Å². The summed E-state index contributed by atoms with van der Waals surface area (Å²) in [6.45, 7) is 2.77. The van der Waals surface area contributed by atoms with Gasteiger partial charge in [0.05, 0.1) is 4.90 Å². The van der Waals surface area contributed by atoms with E-state index in [0.717, 1.165) is 17.7 Å². The van der Waals surface area contributed by atoms with Crippen molar-refractivity contribution in [3.8, 4) is 0 Å². The Kier molecular flexibility index (Phi) is 3.19. The minimum absolute atomic E-state index is 0.128. The number of hydrogen-bond donors (Lipinski definition) is 0. The zero-order valence-corrected chi connectivity index (χ0v) is 12.9. The molecular formula is C14H19NO2S2. The van der Waals surface area contributed by atoms with Crippen LogP contribution in [-0.2, 0) is 10.0 Å². The van der Waals surface area contributed by atoms with E-state index in [1.165, 1.54) is 6.42 Å². The first-order valence-electron chi connectivity index (χ1n) is 6.65. The van der Waals surface area contributed by atoms with E-state index in [1.807, 2.05) is 18.4 Å². The summed E-state index contributed by atoms with van der Waals surface area (Å²) in [6, 6.07) is 7.23. The van der Waals surface area contributed by atoms with Crippen LogP contribution >= 0.6 is 11.8 Å². The molecule has 1 aliphatic carbocycles. The topological polar surface area (TPSA) is 37.4 Å². The molecule has 1 saturated heterocycles. The van der Waals surface area contributed by atoms with E-state index in [4.69, 9.17) is 0 Å². The van der Waals surface area contributed by atoms with E-state index in [2.05, 4.69) is 6.92 Å². The molecule has 0 amide bonds. The molecule has 1 saturated carbocycles. The lowest BCUT2D eigenvalue weighted by atomic mass is 9.69. The summed E-state index contributed by atoms with van der Waals surface area (Å²) in [4.78, 5) is 1.52. The molecule has 1 aliphatic heterocycles. The maximum absolute atomic E-state index is 12.7. The molecule has 2 aliphatic rings. The molecule has 0 aromatic heterocycles. The Hall–Kier alpha value is -0.520. The van der Waals surface area contributed by atoms with Crippen molar-refractivity contribution in [2.45, 2.75) is 41.5 Å². The average Bonchev–Trinajstić information content (AvgIpc) is 2.63. The molecule has 104 valence electrons. The monoisotopic (exact) mass is 297 g/mol. The number of rotatable bonds is 3. The van der Waals surface area contributed by atoms with Gasteiger partial charge in [0.1, 0.15) is 0 Å². The highest BCUT2D eigenvalue weighted by Gasteiger charge is 2.55. The first-order valence-corrected chi connectivity index (χ1v) is 9.32. The lowest BCUT2D eigenvalue weighted by Gasteiger charge is -2.46. The number of sulfonamides is 1. The van der Waals surface area contributed by atoms with Crippen LogP contribution in [-0.4, -0.2) is 31.1 Å². The maximum atomic E-state index is 12.7. The smallest absolute Gasteiger partial charge is 0.207 e. The molecule has 5 heteroatoms. The van der Waals surface area contributed by atoms with E-state index in [-0.39, 0.29) is 5.54 Å². The quantitative estimate of drug-likeness (QED) is 0.805. The van der Waals surface area contributed by atoms with E-state index in [9.17, 15) is 8.42 Å². The lowest BCUT2D eigenvalue weighted by molar-refractivity contribution is 0.0942. The first-order chi connectivity index (χ1) is 8.98. The minimum atomic E-state index is -3.33. The third kappa shape index (κ3) is 1.94. The highest BCUT2D eigenvalue weighted by atomic mass is 32.2. The van der Waals surface area contributed by atoms with Crippen LogP contribution in [0.5, 0.6) is 0 Å². The summed E-state index contributed by atoms with van der Waals surface area (Å²) in [7, 11) is -3.33. The maximum Gasteiger partial charge on any atom is 0.243 e. The van der Waals surface area contributed by atoms with Crippen LogP contribution in [0.15, 0.2) is 34.1 Å². The number of benzene rings is 1. The molecule has 1 aromatic carbocycles. The normalized spacial score (nSPS) is 30.9. The summed E-state index contributed by atoms with van der Waals surface area (Å²) in [5, 5.41) is 0. The Morgan fingerprint density at radius 1 is 1.26 bits per heavy atom. The van der Waals surface area contributed by atoms with Crippen molar-refractivity contribution in [3.63, 3.8) is 0 Å². The average molecular weight is 297 g/mol. The fourth-order valence-corrected chi connectivity index (χ4v) is 5.63. The molecular weight excluding hydrogens is 278 g/mol. The Labute approximate surface area is 119 Å². The summed E-state index contributed by atoms with van der Waals surface area (Å²) in [5.41, 5.74) is -0.128. The molecule has 3 rings (SSSR count). The van der Waals surface area contributed by atoms with Crippen molar-refractivity contribution in [3.05, 3.63) is 24.3 Å². The van der Waals surface area contributed by atoms with Gasteiger partial charge in [-0.25, -0.2) is 8.42 Å². The third-order valence-electron chi connectivity index (χ3n) is 4.78. The van der Waals surface area contributed by atoms with E-state index >= 15 is 0 Å². The third-order valence-corrected chi connectivity index (χ3v) is 7.57. The summed E-state index contributed by atoms with van der Waals surface area (Å²) in [6.07, 6.45) is 5.18. The van der Waals surface area contributed by atoms with Gasteiger partial charge in [0.25, 0.3) is 0 Å². The number of nitrogens with zero attached hydrogens (tertiary/aromatic N) is 1. The Balaban J connectivity index is 1.94. The van der Waals surface area contributed by atoms with E-state index < -0.39 is 10.0 Å². The van der Waals surface area contributed by atoms with Crippen LogP contribution in [0.25, 0.3) is 0 Å². The van der Waals surface area contributed by atoms with Gasteiger partial charge < -0.3 is 0 Å². The predicted octanol–water partition coefficient (Wildman–Crippen LogP) is 2.97. The number of hydrogen-bond acceptors (Lipinski definition) is 3. The Morgan fingerprint density at radius 3 is 2.42 bits per heavy atom. The largest absolute Gasteiger partial charge is 0.243 e. The standard InChI is InChI=1S/C14H19NO2S2/c1-14-9-7-11(14)8-10-15(14)19(16,17)13-5-3-12(18-2)4-6-13/h3-6,11H,7-10H2,1-2H3/t11-,14-/m0/s1. The Morgan fingerprint density at radius 2 is 1.95 bits per heavy atom. The molecule has 0 N–H and O–H groups in total. The molecule has 0 radical (unpaired) electrons. The van der Waals surface area contributed by atoms with Crippen LogP contribution < -0.4 is 0 Å². The van der Waals surface area contributed by atoms with Crippen molar-refractivity contribution in [1.29, 1.82) is 0 Å². The van der Waals surface area contributed by atoms with Crippen LogP contribution in [0, 0.1) is 5.92 Å². The molecule has 19 heavy (non-hydrogen) atoms. The molecule has 0 bridgehead atoms. The highest BCUT2D eigenvalue weighted by Crippen LogP contribution is 2.51. The second-order valence-corrected chi connectivity index (χ2v) is 8.38. The van der Waals surface area contributed by atoms with Gasteiger partial charge in [0, 0.05) is 17.0 Å². The summed E-state index contributed by atoms with van der Waals surface area (Å²) >= 11 is 1.62. The zero-order valence-electron chi connectivity index (χ0n) is 11.3. The van der Waals surface area contributed by atoms with Crippen molar-refractivity contribution in [2.75, 3.05) is 12.8 Å². The van der Waals surface area contributed by atoms with Crippen LogP contribution in [0.4, 0.5) is 0 Å². The predicted molar refractivity (Wildman–Crippen MR) is 77.9 cm³/mol. The van der Waals surface area contributed by atoms with Crippen molar-refractivity contribution >= 4 is 21.8 Å². The van der Waals surface area contributed by atoms with Gasteiger partial charge in [-0.05, 0) is 62.6 Å². The second kappa shape index (κ2) is 4.50. The lowest BCUT2D eigenvalue weighted by Crippen LogP contribution is -2.53. The summed E-state index contributed by atoms with van der Waals surface area (Å²) < 4.78 is 27.2. The fraction of sp³-hybridized carbons (Fsp3) is 0.571. The van der Waals surface area contributed by atoms with E-state index in [1.54, 1.807) is 28.2 Å². The van der Waals surface area contributed by atoms with Crippen molar-refractivity contribution < 1.29 is 8.42 Å². The SMILES string of the molecule is CSc1ccc(S(=O)(=O)N2CC[C@@H]3CC[C@@]32C)cc1. The van der Waals surface area contributed by atoms with Gasteiger partial charge >= 0.3 is 0 Å². The zero-order chi connectivity index (χ0) is 13.7. The fourth-order valence-electron chi connectivity index (χ4n) is 3.35. The first kappa shape index (κ1) is 13.5. The van der Waals surface area contributed by atoms with Gasteiger partial charge in [-0.3, -0.25) is 0 Å². The molecule has 2 atom stereocenters.